The maximum Gasteiger partial charge on any atom is 0.292 e. The molecule has 0 atom stereocenters. The van der Waals surface area contributed by atoms with Gasteiger partial charge in [0.1, 0.15) is 5.69 Å². The molecule has 0 bridgehead atoms. The molecular weight excluding hydrogens is 328 g/mol. The number of nitro groups is 1. The third kappa shape index (κ3) is 3.41. The molecule has 0 N–H and O–H groups in total. The van der Waals surface area contributed by atoms with E-state index in [2.05, 4.69) is 0 Å². The predicted octanol–water partition coefficient (Wildman–Crippen LogP) is 4.35. The molecule has 0 amide bonds. The molecule has 0 spiro atoms. The minimum atomic E-state index is -0.361. The fourth-order valence-electron chi connectivity index (χ4n) is 3.12. The summed E-state index contributed by atoms with van der Waals surface area (Å²) in [5.74, 6) is 0.0686. The van der Waals surface area contributed by atoms with Crippen LogP contribution in [0.5, 0.6) is 0 Å². The van der Waals surface area contributed by atoms with Gasteiger partial charge in [0.25, 0.3) is 5.69 Å². The molecule has 1 aliphatic rings. The topological polar surface area (TPSA) is 63.5 Å². The first-order valence-electron chi connectivity index (χ1n) is 7.84. The van der Waals surface area contributed by atoms with Gasteiger partial charge >= 0.3 is 0 Å². The normalized spacial score (nSPS) is 15.3. The molecule has 0 aliphatic carbocycles. The summed E-state index contributed by atoms with van der Waals surface area (Å²) < 4.78 is 0. The van der Waals surface area contributed by atoms with Crippen molar-refractivity contribution in [2.75, 3.05) is 18.0 Å². The van der Waals surface area contributed by atoms with Gasteiger partial charge in [-0.1, -0.05) is 23.7 Å². The summed E-state index contributed by atoms with van der Waals surface area (Å²) in [4.78, 5) is 25.4. The lowest BCUT2D eigenvalue weighted by atomic mass is 9.88. The molecule has 6 heteroatoms. The van der Waals surface area contributed by atoms with Gasteiger partial charge in [-0.05, 0) is 43.2 Å². The van der Waals surface area contributed by atoms with Crippen molar-refractivity contribution in [3.05, 3.63) is 69.2 Å². The molecule has 1 heterocycles. The van der Waals surface area contributed by atoms with Crippen LogP contribution < -0.4 is 4.90 Å². The van der Waals surface area contributed by atoms with E-state index >= 15 is 0 Å². The van der Waals surface area contributed by atoms with Crippen LogP contribution in [-0.2, 0) is 0 Å². The van der Waals surface area contributed by atoms with Crippen LogP contribution in [0.2, 0.25) is 5.02 Å². The van der Waals surface area contributed by atoms with Crippen LogP contribution in [-0.4, -0.2) is 23.8 Å². The van der Waals surface area contributed by atoms with E-state index in [1.54, 1.807) is 42.5 Å². The maximum atomic E-state index is 12.6. The molecule has 0 saturated carbocycles. The second-order valence-corrected chi connectivity index (χ2v) is 6.31. The van der Waals surface area contributed by atoms with Gasteiger partial charge in [-0.15, -0.1) is 0 Å². The first-order chi connectivity index (χ1) is 11.6. The van der Waals surface area contributed by atoms with E-state index < -0.39 is 0 Å². The number of benzene rings is 2. The van der Waals surface area contributed by atoms with Crippen LogP contribution in [0.1, 0.15) is 23.2 Å². The summed E-state index contributed by atoms with van der Waals surface area (Å²) in [6, 6.07) is 13.7. The van der Waals surface area contributed by atoms with Crippen molar-refractivity contribution in [3.8, 4) is 0 Å². The number of halogens is 1. The van der Waals surface area contributed by atoms with Crippen molar-refractivity contribution in [1.82, 2.24) is 0 Å². The number of piperidine rings is 1. The van der Waals surface area contributed by atoms with E-state index in [9.17, 15) is 14.9 Å². The third-order valence-corrected chi connectivity index (χ3v) is 4.67. The smallest absolute Gasteiger partial charge is 0.292 e. The van der Waals surface area contributed by atoms with Gasteiger partial charge in [0.15, 0.2) is 5.78 Å². The van der Waals surface area contributed by atoms with Crippen molar-refractivity contribution in [1.29, 1.82) is 0 Å². The highest BCUT2D eigenvalue weighted by molar-refractivity contribution is 6.30. The standard InChI is InChI=1S/C18H17ClN2O3/c19-15-7-5-13(6-8-15)18(22)14-9-11-20(12-10-14)16-3-1-2-4-17(16)21(23)24/h1-8,14H,9-12H2. The van der Waals surface area contributed by atoms with Crippen molar-refractivity contribution in [3.63, 3.8) is 0 Å². The van der Waals surface area contributed by atoms with E-state index in [4.69, 9.17) is 11.6 Å². The molecule has 2 aromatic carbocycles. The van der Waals surface area contributed by atoms with Crippen molar-refractivity contribution < 1.29 is 9.72 Å². The fourth-order valence-corrected chi connectivity index (χ4v) is 3.24. The van der Waals surface area contributed by atoms with Gasteiger partial charge in [0.05, 0.1) is 4.92 Å². The van der Waals surface area contributed by atoms with Crippen LogP contribution in [0.4, 0.5) is 11.4 Å². The number of hydrogen-bond acceptors (Lipinski definition) is 4. The minimum Gasteiger partial charge on any atom is -0.366 e. The summed E-state index contributed by atoms with van der Waals surface area (Å²) in [6.07, 6.45) is 1.38. The van der Waals surface area contributed by atoms with E-state index in [1.807, 2.05) is 4.90 Å². The predicted molar refractivity (Wildman–Crippen MR) is 93.8 cm³/mol. The number of ketones is 1. The average molecular weight is 345 g/mol. The van der Waals surface area contributed by atoms with Gasteiger partial charge < -0.3 is 4.90 Å². The second kappa shape index (κ2) is 7.01. The number of para-hydroxylation sites is 2. The summed E-state index contributed by atoms with van der Waals surface area (Å²) in [6.45, 7) is 1.27. The molecule has 1 saturated heterocycles. The van der Waals surface area contributed by atoms with Gasteiger partial charge in [-0.3, -0.25) is 14.9 Å². The van der Waals surface area contributed by atoms with Crippen LogP contribution in [0, 0.1) is 16.0 Å². The molecule has 24 heavy (non-hydrogen) atoms. The lowest BCUT2D eigenvalue weighted by Gasteiger charge is -2.32. The van der Waals surface area contributed by atoms with Crippen molar-refractivity contribution in [2.24, 2.45) is 5.92 Å². The van der Waals surface area contributed by atoms with Crippen LogP contribution in [0.3, 0.4) is 0 Å². The van der Waals surface area contributed by atoms with E-state index in [-0.39, 0.29) is 22.3 Å². The Labute approximate surface area is 145 Å². The number of Topliss-reactive ketones (excluding diaryl/α,β-unsaturated/α-hetero) is 1. The Kier molecular flexibility index (Phi) is 4.81. The zero-order chi connectivity index (χ0) is 17.1. The Morgan fingerprint density at radius 1 is 1.08 bits per heavy atom. The Hall–Kier alpha value is -2.40. The Morgan fingerprint density at radius 3 is 2.33 bits per heavy atom. The average Bonchev–Trinajstić information content (AvgIpc) is 2.62. The van der Waals surface area contributed by atoms with Gasteiger partial charge in [-0.25, -0.2) is 0 Å². The first-order valence-corrected chi connectivity index (χ1v) is 8.22. The van der Waals surface area contributed by atoms with Crippen LogP contribution >= 0.6 is 11.6 Å². The molecule has 0 aromatic heterocycles. The molecule has 1 fully saturated rings. The highest BCUT2D eigenvalue weighted by atomic mass is 35.5. The summed E-state index contributed by atoms with van der Waals surface area (Å²) >= 11 is 5.86. The molecule has 0 radical (unpaired) electrons. The summed E-state index contributed by atoms with van der Waals surface area (Å²) in [5, 5.41) is 11.8. The monoisotopic (exact) mass is 344 g/mol. The Balaban J connectivity index is 1.69. The SMILES string of the molecule is O=C(c1ccc(Cl)cc1)C1CCN(c2ccccc2[N+](=O)[O-])CC1. The summed E-state index contributed by atoms with van der Waals surface area (Å²) in [7, 11) is 0. The lowest BCUT2D eigenvalue weighted by Crippen LogP contribution is -2.36. The number of rotatable bonds is 4. The zero-order valence-electron chi connectivity index (χ0n) is 13.0. The van der Waals surface area contributed by atoms with Gasteiger partial charge in [-0.2, -0.15) is 0 Å². The fraction of sp³-hybridized carbons (Fsp3) is 0.278. The second-order valence-electron chi connectivity index (χ2n) is 5.88. The van der Waals surface area contributed by atoms with Crippen molar-refractivity contribution in [2.45, 2.75) is 12.8 Å². The molecule has 124 valence electrons. The van der Waals surface area contributed by atoms with E-state index in [1.165, 1.54) is 6.07 Å². The first kappa shape index (κ1) is 16.5. The molecule has 1 aliphatic heterocycles. The highest BCUT2D eigenvalue weighted by Crippen LogP contribution is 2.32. The molecule has 5 nitrogen and oxygen atoms in total. The largest absolute Gasteiger partial charge is 0.366 e. The Morgan fingerprint density at radius 2 is 1.71 bits per heavy atom. The van der Waals surface area contributed by atoms with Gasteiger partial charge in [0, 0.05) is 35.7 Å². The Bertz CT molecular complexity index is 753. The van der Waals surface area contributed by atoms with E-state index in [0.29, 0.717) is 42.2 Å². The van der Waals surface area contributed by atoms with Crippen LogP contribution in [0.15, 0.2) is 48.5 Å². The lowest BCUT2D eigenvalue weighted by molar-refractivity contribution is -0.384. The summed E-state index contributed by atoms with van der Waals surface area (Å²) in [5.41, 5.74) is 1.41. The third-order valence-electron chi connectivity index (χ3n) is 4.41. The minimum absolute atomic E-state index is 0.0507. The molecule has 2 aromatic rings. The quantitative estimate of drug-likeness (QED) is 0.470. The highest BCUT2D eigenvalue weighted by Gasteiger charge is 2.28. The van der Waals surface area contributed by atoms with E-state index in [0.717, 1.165) is 0 Å². The molecule has 3 rings (SSSR count). The van der Waals surface area contributed by atoms with Crippen molar-refractivity contribution >= 4 is 28.8 Å². The molecular formula is C18H17ClN2O3. The number of anilines is 1. The number of nitro benzene ring substituents is 1. The number of carbonyl (C=O) groups is 1. The van der Waals surface area contributed by atoms with Gasteiger partial charge in [0.2, 0.25) is 0 Å². The molecule has 0 unspecified atom stereocenters. The number of nitrogens with zero attached hydrogens (tertiary/aromatic N) is 2. The number of carbonyl (C=O) groups excluding carboxylic acids is 1. The number of hydrogen-bond donors (Lipinski definition) is 0. The maximum absolute atomic E-state index is 12.6. The zero-order valence-corrected chi connectivity index (χ0v) is 13.8. The van der Waals surface area contributed by atoms with Crippen LogP contribution in [0.25, 0.3) is 0 Å².